The van der Waals surface area contributed by atoms with Crippen LogP contribution in [0.5, 0.6) is 11.5 Å². The molecule has 2 aromatic rings. The fourth-order valence-corrected chi connectivity index (χ4v) is 2.36. The molecule has 0 spiro atoms. The number of carbonyl (C=O) groups excluding carboxylic acids is 1. The molecular weight excluding hydrogens is 320 g/mol. The second-order valence-electron chi connectivity index (χ2n) is 5.08. The molecule has 3 rings (SSSR count). The fraction of sp³-hybridized carbons (Fsp3) is 0.250. The van der Waals surface area contributed by atoms with Gasteiger partial charge in [0.25, 0.3) is 11.5 Å². The number of ether oxygens (including phenoxy) is 2. The first kappa shape index (κ1) is 15.4. The molecule has 1 aliphatic rings. The first-order chi connectivity index (χ1) is 11.1. The van der Waals surface area contributed by atoms with Crippen LogP contribution < -0.4 is 20.3 Å². The number of aromatic nitrogens is 1. The predicted octanol–water partition coefficient (Wildman–Crippen LogP) is 2.12. The Hall–Kier alpha value is -2.47. The van der Waals surface area contributed by atoms with Gasteiger partial charge >= 0.3 is 0 Å². The Labute approximate surface area is 137 Å². The van der Waals surface area contributed by atoms with Gasteiger partial charge in [-0.25, -0.2) is 0 Å². The molecule has 1 aromatic carbocycles. The van der Waals surface area contributed by atoms with Crippen LogP contribution in [-0.2, 0) is 6.54 Å². The van der Waals surface area contributed by atoms with Crippen molar-refractivity contribution in [1.82, 2.24) is 10.3 Å². The summed E-state index contributed by atoms with van der Waals surface area (Å²) in [4.78, 5) is 25.7. The molecular formula is C16H15ClN2O4. The van der Waals surface area contributed by atoms with Crippen molar-refractivity contribution in [2.75, 3.05) is 13.2 Å². The molecule has 0 saturated heterocycles. The lowest BCUT2D eigenvalue weighted by Gasteiger charge is -2.10. The van der Waals surface area contributed by atoms with E-state index in [9.17, 15) is 9.59 Å². The van der Waals surface area contributed by atoms with Crippen molar-refractivity contribution in [3.8, 4) is 11.5 Å². The molecule has 6 nitrogen and oxygen atoms in total. The number of aromatic amines is 1. The third-order valence-electron chi connectivity index (χ3n) is 3.39. The van der Waals surface area contributed by atoms with Crippen LogP contribution in [0.15, 0.2) is 35.3 Å². The highest BCUT2D eigenvalue weighted by Crippen LogP contribution is 2.30. The maximum Gasteiger partial charge on any atom is 0.266 e. The average molecular weight is 335 g/mol. The first-order valence-electron chi connectivity index (χ1n) is 7.18. The van der Waals surface area contributed by atoms with Gasteiger partial charge in [-0.3, -0.25) is 9.59 Å². The summed E-state index contributed by atoms with van der Waals surface area (Å²) >= 11 is 5.72. The van der Waals surface area contributed by atoms with Crippen molar-refractivity contribution in [1.29, 1.82) is 0 Å². The zero-order valence-corrected chi connectivity index (χ0v) is 13.0. The highest BCUT2D eigenvalue weighted by atomic mass is 35.5. The number of pyridine rings is 1. The highest BCUT2D eigenvalue weighted by Gasteiger charge is 2.12. The molecule has 120 valence electrons. The normalized spacial score (nSPS) is 13.3. The second kappa shape index (κ2) is 6.75. The van der Waals surface area contributed by atoms with E-state index in [0.29, 0.717) is 36.8 Å². The van der Waals surface area contributed by atoms with Gasteiger partial charge in [0, 0.05) is 19.2 Å². The number of amides is 1. The quantitative estimate of drug-likeness (QED) is 0.901. The molecule has 0 aliphatic carbocycles. The Kier molecular flexibility index (Phi) is 4.52. The monoisotopic (exact) mass is 334 g/mol. The Morgan fingerprint density at radius 3 is 2.78 bits per heavy atom. The largest absolute Gasteiger partial charge is 0.490 e. The number of carbonyl (C=O) groups is 1. The van der Waals surface area contributed by atoms with Crippen LogP contribution in [0.3, 0.4) is 0 Å². The molecule has 23 heavy (non-hydrogen) atoms. The molecule has 2 heterocycles. The van der Waals surface area contributed by atoms with E-state index in [1.54, 1.807) is 0 Å². The van der Waals surface area contributed by atoms with Crippen LogP contribution in [0.1, 0.15) is 22.3 Å². The Bertz CT molecular complexity index is 788. The molecule has 1 amide bonds. The standard InChI is InChI=1S/C16H15ClN2O4/c17-12-7-11(9-19-16(12)21)15(20)18-8-10-2-3-13-14(6-10)23-5-1-4-22-13/h2-3,6-7,9H,1,4-5,8H2,(H,18,20)(H,19,21). The van der Waals surface area contributed by atoms with Gasteiger partial charge in [-0.15, -0.1) is 0 Å². The van der Waals surface area contributed by atoms with Gasteiger partial charge in [0.2, 0.25) is 0 Å². The summed E-state index contributed by atoms with van der Waals surface area (Å²) in [5.74, 6) is 1.07. The number of benzene rings is 1. The number of fused-ring (bicyclic) bond motifs is 1. The summed E-state index contributed by atoms with van der Waals surface area (Å²) in [7, 11) is 0. The van der Waals surface area contributed by atoms with Gasteiger partial charge < -0.3 is 19.8 Å². The minimum Gasteiger partial charge on any atom is -0.490 e. The van der Waals surface area contributed by atoms with Crippen molar-refractivity contribution < 1.29 is 14.3 Å². The third kappa shape index (κ3) is 3.65. The van der Waals surface area contributed by atoms with Crippen LogP contribution in [0, 0.1) is 0 Å². The van der Waals surface area contributed by atoms with E-state index in [1.165, 1.54) is 12.3 Å². The molecule has 0 fully saturated rings. The number of nitrogens with one attached hydrogen (secondary N) is 2. The Balaban J connectivity index is 1.68. The zero-order valence-electron chi connectivity index (χ0n) is 12.2. The Morgan fingerprint density at radius 2 is 2.00 bits per heavy atom. The lowest BCUT2D eigenvalue weighted by Crippen LogP contribution is -2.24. The fourth-order valence-electron chi connectivity index (χ4n) is 2.19. The molecule has 0 atom stereocenters. The summed E-state index contributed by atoms with van der Waals surface area (Å²) in [6.45, 7) is 1.57. The predicted molar refractivity (Wildman–Crippen MR) is 85.3 cm³/mol. The SMILES string of the molecule is O=C(NCc1ccc2c(c1)OCCCO2)c1c[nH]c(=O)c(Cl)c1. The molecule has 2 N–H and O–H groups in total. The second-order valence-corrected chi connectivity index (χ2v) is 5.49. The van der Waals surface area contributed by atoms with Crippen molar-refractivity contribution in [2.45, 2.75) is 13.0 Å². The molecule has 0 saturated carbocycles. The van der Waals surface area contributed by atoms with Gasteiger partial charge in [-0.1, -0.05) is 17.7 Å². The lowest BCUT2D eigenvalue weighted by molar-refractivity contribution is 0.0950. The summed E-state index contributed by atoms with van der Waals surface area (Å²) in [5.41, 5.74) is 0.758. The van der Waals surface area contributed by atoms with Crippen molar-refractivity contribution in [2.24, 2.45) is 0 Å². The number of hydrogen-bond donors (Lipinski definition) is 2. The number of H-pyrrole nitrogens is 1. The van der Waals surface area contributed by atoms with Crippen molar-refractivity contribution in [3.05, 3.63) is 57.0 Å². The van der Waals surface area contributed by atoms with E-state index in [4.69, 9.17) is 21.1 Å². The van der Waals surface area contributed by atoms with Crippen LogP contribution in [0.2, 0.25) is 5.02 Å². The van der Waals surface area contributed by atoms with Gasteiger partial charge in [-0.2, -0.15) is 0 Å². The Morgan fingerprint density at radius 1 is 1.22 bits per heavy atom. The molecule has 1 aliphatic heterocycles. The van der Waals surface area contributed by atoms with E-state index in [-0.39, 0.29) is 10.9 Å². The van der Waals surface area contributed by atoms with Gasteiger partial charge in [0.1, 0.15) is 5.02 Å². The van der Waals surface area contributed by atoms with Crippen molar-refractivity contribution in [3.63, 3.8) is 0 Å². The van der Waals surface area contributed by atoms with Crippen LogP contribution in [0.4, 0.5) is 0 Å². The van der Waals surface area contributed by atoms with Crippen LogP contribution >= 0.6 is 11.6 Å². The molecule has 7 heteroatoms. The average Bonchev–Trinajstić information content (AvgIpc) is 2.80. The van der Waals surface area contributed by atoms with E-state index >= 15 is 0 Å². The summed E-state index contributed by atoms with van der Waals surface area (Å²) in [5, 5.41) is 2.75. The van der Waals surface area contributed by atoms with E-state index in [1.807, 2.05) is 18.2 Å². The number of hydrogen-bond acceptors (Lipinski definition) is 4. The maximum atomic E-state index is 12.1. The third-order valence-corrected chi connectivity index (χ3v) is 3.67. The minimum atomic E-state index is -0.425. The highest BCUT2D eigenvalue weighted by molar-refractivity contribution is 6.30. The zero-order chi connectivity index (χ0) is 16.2. The minimum absolute atomic E-state index is 0.0202. The van der Waals surface area contributed by atoms with Gasteiger partial charge in [0.15, 0.2) is 11.5 Å². The van der Waals surface area contributed by atoms with Gasteiger partial charge in [0.05, 0.1) is 18.8 Å². The summed E-state index contributed by atoms with van der Waals surface area (Å²) in [6.07, 6.45) is 2.17. The molecule has 0 bridgehead atoms. The topological polar surface area (TPSA) is 80.4 Å². The van der Waals surface area contributed by atoms with Crippen LogP contribution in [0.25, 0.3) is 0 Å². The number of rotatable bonds is 3. The van der Waals surface area contributed by atoms with Crippen molar-refractivity contribution >= 4 is 17.5 Å². The first-order valence-corrected chi connectivity index (χ1v) is 7.56. The van der Waals surface area contributed by atoms with E-state index in [2.05, 4.69) is 10.3 Å². The molecule has 1 aromatic heterocycles. The smallest absolute Gasteiger partial charge is 0.266 e. The van der Waals surface area contributed by atoms with Crippen LogP contribution in [-0.4, -0.2) is 24.1 Å². The molecule has 0 radical (unpaired) electrons. The summed E-state index contributed by atoms with van der Waals surface area (Å²) < 4.78 is 11.2. The molecule has 0 unspecified atom stereocenters. The maximum absolute atomic E-state index is 12.1. The van der Waals surface area contributed by atoms with Gasteiger partial charge in [-0.05, 0) is 23.8 Å². The number of halogens is 1. The lowest BCUT2D eigenvalue weighted by atomic mass is 10.2. The summed E-state index contributed by atoms with van der Waals surface area (Å²) in [6, 6.07) is 6.89. The van der Waals surface area contributed by atoms with E-state index < -0.39 is 5.56 Å². The van der Waals surface area contributed by atoms with E-state index in [0.717, 1.165) is 12.0 Å².